The maximum Gasteiger partial charge on any atom is 0.0687 e. The molecule has 8 heavy (non-hydrogen) atoms. The molecule has 0 heterocycles. The maximum absolute atomic E-state index is 8.83. The van der Waals surface area contributed by atoms with E-state index < -0.39 is 6.10 Å². The molecule has 3 N–H and O–H groups in total. The summed E-state index contributed by atoms with van der Waals surface area (Å²) in [5, 5.41) is 16.9. The van der Waals surface area contributed by atoms with Crippen LogP contribution >= 0.6 is 0 Å². The number of hydrogen-bond donors (Lipinski definition) is 3. The van der Waals surface area contributed by atoms with Crippen LogP contribution in [0, 0.1) is 0 Å². The van der Waals surface area contributed by atoms with E-state index in [0.717, 1.165) is 12.8 Å². The minimum Gasteiger partial charge on any atom is -0.392 e. The van der Waals surface area contributed by atoms with Crippen LogP contribution < -0.4 is 5.48 Å². The molecule has 3 heteroatoms. The van der Waals surface area contributed by atoms with E-state index in [1.54, 1.807) is 0 Å². The third-order valence-electron chi connectivity index (χ3n) is 0.949. The topological polar surface area (TPSA) is 52.5 Å². The highest BCUT2D eigenvalue weighted by Gasteiger charge is 1.98. The summed E-state index contributed by atoms with van der Waals surface area (Å²) in [5.41, 5.74) is 1.90. The molecule has 0 rings (SSSR count). The molecule has 3 nitrogen and oxygen atoms in total. The van der Waals surface area contributed by atoms with E-state index in [0.29, 0.717) is 0 Å². The summed E-state index contributed by atoms with van der Waals surface area (Å²) < 4.78 is 0. The van der Waals surface area contributed by atoms with Crippen LogP contribution in [0.4, 0.5) is 0 Å². The second-order valence-electron chi connectivity index (χ2n) is 1.80. The Morgan fingerprint density at radius 2 is 2.25 bits per heavy atom. The Labute approximate surface area is 49.3 Å². The van der Waals surface area contributed by atoms with Crippen molar-refractivity contribution in [3.63, 3.8) is 0 Å². The van der Waals surface area contributed by atoms with Crippen molar-refractivity contribution in [1.82, 2.24) is 5.48 Å². The third-order valence-corrected chi connectivity index (χ3v) is 0.949. The number of hydrogen-bond acceptors (Lipinski definition) is 3. The number of aliphatic hydroxyl groups excluding tert-OH is 1. The van der Waals surface area contributed by atoms with Crippen molar-refractivity contribution >= 4 is 0 Å². The standard InChI is InChI=1S/C5H13NO2/c1-2-3-5(7)4-6-8/h5-8H,2-4H2,1H3. The molecule has 50 valence electrons. The van der Waals surface area contributed by atoms with E-state index in [2.05, 4.69) is 0 Å². The summed E-state index contributed by atoms with van der Waals surface area (Å²) in [6.07, 6.45) is 1.29. The minimum absolute atomic E-state index is 0.272. The molecule has 0 aromatic rings. The highest BCUT2D eigenvalue weighted by molar-refractivity contribution is 4.52. The van der Waals surface area contributed by atoms with Gasteiger partial charge in [-0.1, -0.05) is 13.3 Å². The van der Waals surface area contributed by atoms with Crippen LogP contribution in [0.25, 0.3) is 0 Å². The Bertz CT molecular complexity index is 43.7. The van der Waals surface area contributed by atoms with Crippen LogP contribution in [-0.4, -0.2) is 23.0 Å². The lowest BCUT2D eigenvalue weighted by Gasteiger charge is -2.04. The summed E-state index contributed by atoms with van der Waals surface area (Å²) in [7, 11) is 0. The molecule has 0 fully saturated rings. The average Bonchev–Trinajstić information content (AvgIpc) is 1.68. The van der Waals surface area contributed by atoms with Crippen LogP contribution in [0.5, 0.6) is 0 Å². The van der Waals surface area contributed by atoms with Crippen molar-refractivity contribution in [2.24, 2.45) is 0 Å². The van der Waals surface area contributed by atoms with Gasteiger partial charge in [-0.3, -0.25) is 0 Å². The SMILES string of the molecule is CCCC(O)CNO. The van der Waals surface area contributed by atoms with Gasteiger partial charge >= 0.3 is 0 Å². The Morgan fingerprint density at radius 3 is 2.62 bits per heavy atom. The first-order valence-corrected chi connectivity index (χ1v) is 2.86. The molecule has 0 saturated heterocycles. The smallest absolute Gasteiger partial charge is 0.0687 e. The first-order chi connectivity index (χ1) is 3.81. The monoisotopic (exact) mass is 119 g/mol. The van der Waals surface area contributed by atoms with E-state index in [9.17, 15) is 0 Å². The number of hydroxylamine groups is 1. The Balaban J connectivity index is 2.92. The van der Waals surface area contributed by atoms with E-state index in [-0.39, 0.29) is 6.54 Å². The molecule has 0 spiro atoms. The van der Waals surface area contributed by atoms with Gasteiger partial charge in [-0.25, -0.2) is 5.48 Å². The predicted octanol–water partition coefficient (Wildman–Crippen LogP) is 0.126. The minimum atomic E-state index is -0.398. The van der Waals surface area contributed by atoms with Crippen LogP contribution in [0.1, 0.15) is 19.8 Å². The molecular formula is C5H13NO2. The summed E-state index contributed by atoms with van der Waals surface area (Å²) >= 11 is 0. The molecule has 0 aliphatic rings. The number of nitrogens with one attached hydrogen (secondary N) is 1. The number of aliphatic hydroxyl groups is 1. The molecule has 1 unspecified atom stereocenters. The lowest BCUT2D eigenvalue weighted by Crippen LogP contribution is -2.23. The highest BCUT2D eigenvalue weighted by Crippen LogP contribution is 1.92. The normalized spacial score (nSPS) is 13.9. The average molecular weight is 119 g/mol. The summed E-state index contributed by atoms with van der Waals surface area (Å²) in [5.74, 6) is 0. The molecule has 0 aliphatic heterocycles. The van der Waals surface area contributed by atoms with Gasteiger partial charge < -0.3 is 10.3 Å². The van der Waals surface area contributed by atoms with Gasteiger partial charge in [-0.15, -0.1) is 0 Å². The molecular weight excluding hydrogens is 106 g/mol. The van der Waals surface area contributed by atoms with Gasteiger partial charge in [0.1, 0.15) is 0 Å². The molecule has 0 saturated carbocycles. The van der Waals surface area contributed by atoms with Gasteiger partial charge in [-0.05, 0) is 6.42 Å². The van der Waals surface area contributed by atoms with Gasteiger partial charge in [-0.2, -0.15) is 0 Å². The summed E-state index contributed by atoms with van der Waals surface area (Å²) in [6, 6.07) is 0. The molecule has 0 aromatic carbocycles. The first kappa shape index (κ1) is 7.88. The quantitative estimate of drug-likeness (QED) is 0.461. The molecule has 0 bridgehead atoms. The van der Waals surface area contributed by atoms with Crippen molar-refractivity contribution in [2.75, 3.05) is 6.54 Å². The van der Waals surface area contributed by atoms with Crippen molar-refractivity contribution in [3.05, 3.63) is 0 Å². The van der Waals surface area contributed by atoms with Gasteiger partial charge in [0.25, 0.3) is 0 Å². The maximum atomic E-state index is 8.83. The largest absolute Gasteiger partial charge is 0.392 e. The molecule has 0 amide bonds. The Kier molecular flexibility index (Phi) is 4.95. The van der Waals surface area contributed by atoms with E-state index in [1.165, 1.54) is 0 Å². The lowest BCUT2D eigenvalue weighted by atomic mass is 10.2. The fourth-order valence-corrected chi connectivity index (χ4v) is 0.541. The number of rotatable bonds is 4. The van der Waals surface area contributed by atoms with Crippen molar-refractivity contribution in [3.8, 4) is 0 Å². The zero-order chi connectivity index (χ0) is 6.41. The third kappa shape index (κ3) is 4.05. The molecule has 0 aromatic heterocycles. The summed E-state index contributed by atoms with van der Waals surface area (Å²) in [4.78, 5) is 0. The van der Waals surface area contributed by atoms with E-state index in [1.807, 2.05) is 12.4 Å². The molecule has 0 radical (unpaired) electrons. The molecule has 1 atom stereocenters. The van der Waals surface area contributed by atoms with Crippen LogP contribution in [0.3, 0.4) is 0 Å². The fourth-order valence-electron chi connectivity index (χ4n) is 0.541. The second kappa shape index (κ2) is 5.03. The predicted molar refractivity (Wildman–Crippen MR) is 30.7 cm³/mol. The fraction of sp³-hybridized carbons (Fsp3) is 1.00. The van der Waals surface area contributed by atoms with E-state index >= 15 is 0 Å². The Morgan fingerprint density at radius 1 is 1.62 bits per heavy atom. The van der Waals surface area contributed by atoms with Gasteiger partial charge in [0.2, 0.25) is 0 Å². The van der Waals surface area contributed by atoms with Crippen LogP contribution in [-0.2, 0) is 0 Å². The zero-order valence-corrected chi connectivity index (χ0v) is 5.09. The first-order valence-electron chi connectivity index (χ1n) is 2.86. The highest BCUT2D eigenvalue weighted by atomic mass is 16.5. The van der Waals surface area contributed by atoms with Gasteiger partial charge in [0, 0.05) is 6.54 Å². The van der Waals surface area contributed by atoms with Crippen LogP contribution in [0.2, 0.25) is 0 Å². The van der Waals surface area contributed by atoms with Gasteiger partial charge in [0.05, 0.1) is 6.10 Å². The Hall–Kier alpha value is -0.120. The zero-order valence-electron chi connectivity index (χ0n) is 5.09. The second-order valence-corrected chi connectivity index (χ2v) is 1.80. The van der Waals surface area contributed by atoms with E-state index in [4.69, 9.17) is 10.3 Å². The summed E-state index contributed by atoms with van der Waals surface area (Å²) in [6.45, 7) is 2.26. The van der Waals surface area contributed by atoms with Gasteiger partial charge in [0.15, 0.2) is 0 Å². The van der Waals surface area contributed by atoms with Crippen molar-refractivity contribution < 1.29 is 10.3 Å². The lowest BCUT2D eigenvalue weighted by molar-refractivity contribution is 0.0868. The van der Waals surface area contributed by atoms with Crippen molar-refractivity contribution in [1.29, 1.82) is 0 Å². The molecule has 0 aliphatic carbocycles. The van der Waals surface area contributed by atoms with Crippen LogP contribution in [0.15, 0.2) is 0 Å². The van der Waals surface area contributed by atoms with Crippen molar-refractivity contribution in [2.45, 2.75) is 25.9 Å².